The fraction of sp³-hybridized carbons (Fsp3) is 0.937. The molecule has 0 bridgehead atoms. The molecule has 114 heavy (non-hydrogen) atoms. The number of carbonyl (C=O) groups is 4. The second-order valence-electron chi connectivity index (χ2n) is 28.9. The van der Waals surface area contributed by atoms with E-state index in [1.807, 2.05) is 0 Å². The summed E-state index contributed by atoms with van der Waals surface area (Å²) in [5.74, 6) is -7.96. The second-order valence-corrected chi connectivity index (χ2v) is 28.9. The maximum Gasteiger partial charge on any atom is 0.364 e. The van der Waals surface area contributed by atoms with Gasteiger partial charge in [-0.25, -0.2) is 4.79 Å². The van der Waals surface area contributed by atoms with Gasteiger partial charge in [0.15, 0.2) is 50.3 Å². The highest BCUT2D eigenvalue weighted by molar-refractivity contribution is 5.77. The molecule has 0 aromatic heterocycles. The summed E-state index contributed by atoms with van der Waals surface area (Å²) >= 11 is 0. The van der Waals surface area contributed by atoms with Gasteiger partial charge < -0.3 is 234 Å². The molecule has 9 fully saturated rings. The summed E-state index contributed by atoms with van der Waals surface area (Å²) in [5, 5.41) is 303. The average molecular weight is 1670 g/mol. The Morgan fingerprint density at radius 1 is 0.377 bits per heavy atom. The summed E-state index contributed by atoms with van der Waals surface area (Å²) in [6.07, 6.45) is -89.7. The van der Waals surface area contributed by atoms with E-state index in [0.29, 0.717) is 0 Å². The van der Waals surface area contributed by atoms with Crippen LogP contribution in [0.5, 0.6) is 0 Å². The summed E-state index contributed by atoms with van der Waals surface area (Å²) < 4.78 is 99.8. The predicted molar refractivity (Wildman–Crippen MR) is 348 cm³/mol. The lowest BCUT2D eigenvalue weighted by molar-refractivity contribution is -0.392. The molecule has 46 atom stereocenters. The molecular formula is C63H105N3O48. The van der Waals surface area contributed by atoms with Crippen molar-refractivity contribution in [3.05, 3.63) is 0 Å². The van der Waals surface area contributed by atoms with Crippen molar-refractivity contribution in [2.24, 2.45) is 0 Å². The number of hydrogen-bond acceptors (Lipinski definition) is 47. The Bertz CT molecular complexity index is 3060. The van der Waals surface area contributed by atoms with Crippen LogP contribution < -0.4 is 16.0 Å². The molecule has 9 heterocycles. The molecule has 0 saturated carbocycles. The zero-order valence-corrected chi connectivity index (χ0v) is 61.0. The first-order valence-electron chi connectivity index (χ1n) is 36.1. The highest BCUT2D eigenvalue weighted by atomic mass is 16.8. The van der Waals surface area contributed by atoms with Crippen molar-refractivity contribution >= 4 is 23.7 Å². The number of carboxylic acids is 1. The smallest absolute Gasteiger partial charge is 0.364 e. The third kappa shape index (κ3) is 20.3. The Morgan fingerprint density at radius 3 is 1.28 bits per heavy atom. The molecule has 660 valence electrons. The fourth-order valence-corrected chi connectivity index (χ4v) is 14.6. The number of aliphatic hydroxyl groups is 26. The van der Waals surface area contributed by atoms with Crippen LogP contribution in [0.15, 0.2) is 0 Å². The zero-order chi connectivity index (χ0) is 84.3. The number of hydrogen-bond donors (Lipinski definition) is 30. The lowest BCUT2D eigenvalue weighted by Gasteiger charge is -2.51. The minimum atomic E-state index is -3.08. The Balaban J connectivity index is 1.00. The monoisotopic (exact) mass is 1670 g/mol. The van der Waals surface area contributed by atoms with Gasteiger partial charge in [-0.1, -0.05) is 0 Å². The normalized spacial score (nSPS) is 48.9. The highest BCUT2D eigenvalue weighted by Crippen LogP contribution is 2.41. The van der Waals surface area contributed by atoms with Crippen molar-refractivity contribution < 1.29 is 238 Å². The van der Waals surface area contributed by atoms with Gasteiger partial charge in [0.25, 0.3) is 5.79 Å². The number of amides is 3. The minimum Gasteiger partial charge on any atom is -0.477 e. The average Bonchev–Trinajstić information content (AvgIpc) is 0.769. The lowest BCUT2D eigenvalue weighted by Crippen LogP contribution is -2.71. The molecule has 0 aromatic rings. The molecular weight excluding hydrogens is 1570 g/mol. The first kappa shape index (κ1) is 94.0. The standard InChI is InChI=1S/C63H105N3O48/c1-14-30(78)37(85)42(90)57(100-14)111-51-29(66-17(4)75)55(104-24(11-72)49(51)110-60-45(93)52(34(82)21(8-69)103-60)113-58-43(91)38(86)32(80)20(7-68)102-58)98-12-25-35(83)53(46(94)61(106-25)109-48-22(9-70)101-54(95)41(89)40(48)88)112-56-28(65-16(3)74)36(84)47(23(10-71)105-56)108-59-44(92)39(87)33(81)26(107-59)13-99-63(62(96)97)5-18(76)27(64-15(2)73)50(114-63)31(79)19(77)6-67/h14,18-61,67-72,76-95H,5-13H2,1-4H3,(H,64,73)(H,65,74)(H,66,75)(H,96,97)/t14-,18-,19+,20+,21+,22+,23+,24+,25+,26+,27+,28+,29+,30+,31+,32-,33-,34-,35-,36+,37+,38-,39-,40+,41+,42-,43+,44+,45+,46+,47+,48+,49+,50+,51+,52-,53-,54?,55+,56-,57-,58+,59-,60-,61-,63+/m0/s1. The number of carbonyl (C=O) groups excluding carboxylic acids is 3. The van der Waals surface area contributed by atoms with Crippen molar-refractivity contribution in [2.75, 3.05) is 52.9 Å². The molecule has 0 aliphatic carbocycles. The van der Waals surface area contributed by atoms with Gasteiger partial charge in [0.2, 0.25) is 17.7 Å². The van der Waals surface area contributed by atoms with E-state index in [9.17, 15) is 157 Å². The molecule has 0 radical (unpaired) electrons. The van der Waals surface area contributed by atoms with E-state index in [2.05, 4.69) is 16.0 Å². The van der Waals surface area contributed by atoms with Gasteiger partial charge in [0.1, 0.15) is 207 Å². The van der Waals surface area contributed by atoms with Gasteiger partial charge >= 0.3 is 5.97 Å². The molecule has 9 aliphatic heterocycles. The molecule has 9 aliphatic rings. The predicted octanol–water partition coefficient (Wildman–Crippen LogP) is -20.0. The molecule has 51 heteroatoms. The Morgan fingerprint density at radius 2 is 0.763 bits per heavy atom. The van der Waals surface area contributed by atoms with Crippen LogP contribution in [0, 0.1) is 0 Å². The molecule has 9 saturated heterocycles. The van der Waals surface area contributed by atoms with Crippen molar-refractivity contribution in [2.45, 2.75) is 316 Å². The molecule has 0 spiro atoms. The Labute approximate surface area is 644 Å². The van der Waals surface area contributed by atoms with Crippen LogP contribution in [0.3, 0.4) is 0 Å². The summed E-state index contributed by atoms with van der Waals surface area (Å²) in [6, 6.07) is -5.69. The summed E-state index contributed by atoms with van der Waals surface area (Å²) in [4.78, 5) is 51.7. The molecule has 30 N–H and O–H groups in total. The SMILES string of the molecule is CC(=O)N[C@H]1[C@H](O[C@H]2[C@@H](O)[C@@H](CO[C@@H]3O[C@H](CO)[C@@H](O[C@@H]4O[C@H](CO)[C@H](O)[C@H](O[C@H]5O[C@H](CO)[C@H](O)[C@H](O)[C@H]5O)[C@H]4O)[C@H](O[C@@H]4O[C@@H](C)[C@@H](O)[C@@H](O)[C@@H]4O)[C@H]3NC(C)=O)O[C@@H](O[C@H]3[C@H](O)[C@@H](O)C(O)O[C@@H]3CO)[C@@H]2O)O[C@H](CO)[C@@H](O[C@@H]2O[C@H](CO[C@]3(C(=O)O)C[C@H](O)[C@@H](NC(C)=O)[C@H]([C@H](O)[C@H](O)CO)O3)[C@H](O)[C@H](O)[C@H]2O)[C@@H]1O. The van der Waals surface area contributed by atoms with Crippen LogP contribution in [0.1, 0.15) is 34.1 Å². The third-order valence-electron chi connectivity index (χ3n) is 20.9. The molecule has 1 unspecified atom stereocenters. The Kier molecular flexibility index (Phi) is 33.2. The molecule has 51 nitrogen and oxygen atoms in total. The van der Waals surface area contributed by atoms with Crippen LogP contribution >= 0.6 is 0 Å². The van der Waals surface area contributed by atoms with Crippen molar-refractivity contribution in [1.29, 1.82) is 0 Å². The second kappa shape index (κ2) is 40.2. The largest absolute Gasteiger partial charge is 0.477 e. The van der Waals surface area contributed by atoms with Crippen molar-refractivity contribution in [3.63, 3.8) is 0 Å². The summed E-state index contributed by atoms with van der Waals surface area (Å²) in [7, 11) is 0. The Hall–Kier alpha value is -3.84. The first-order valence-corrected chi connectivity index (χ1v) is 36.1. The number of carboxylic acid groups (broad SMARTS) is 1. The number of ether oxygens (including phenoxy) is 17. The number of rotatable bonds is 30. The van der Waals surface area contributed by atoms with Gasteiger partial charge in [-0.3, -0.25) is 14.4 Å². The van der Waals surface area contributed by atoms with Gasteiger partial charge in [-0.2, -0.15) is 0 Å². The van der Waals surface area contributed by atoms with Gasteiger partial charge in [0.05, 0.1) is 71.1 Å². The number of nitrogens with one attached hydrogen (secondary N) is 3. The maximum atomic E-state index is 13.5. The van der Waals surface area contributed by atoms with E-state index in [-0.39, 0.29) is 0 Å². The van der Waals surface area contributed by atoms with Gasteiger partial charge in [0, 0.05) is 27.2 Å². The van der Waals surface area contributed by atoms with Crippen LogP contribution in [0.4, 0.5) is 0 Å². The summed E-state index contributed by atoms with van der Waals surface area (Å²) in [6.45, 7) is -5.16. The van der Waals surface area contributed by atoms with Crippen LogP contribution in [-0.2, 0) is 99.7 Å². The maximum absolute atomic E-state index is 13.5. The topological polar surface area (TPSA) is 807 Å². The molecule has 3 amide bonds. The van der Waals surface area contributed by atoms with E-state index >= 15 is 0 Å². The molecule has 9 rings (SSSR count). The van der Waals surface area contributed by atoms with Crippen LogP contribution in [0.2, 0.25) is 0 Å². The van der Waals surface area contributed by atoms with E-state index in [1.54, 1.807) is 0 Å². The minimum absolute atomic E-state index is 0.836. The van der Waals surface area contributed by atoms with Crippen LogP contribution in [0.25, 0.3) is 0 Å². The number of aliphatic carboxylic acids is 1. The van der Waals surface area contributed by atoms with E-state index in [1.165, 1.54) is 6.92 Å². The van der Waals surface area contributed by atoms with E-state index in [4.69, 9.17) is 80.5 Å². The zero-order valence-electron chi connectivity index (χ0n) is 61.0. The van der Waals surface area contributed by atoms with Crippen molar-refractivity contribution in [3.8, 4) is 0 Å². The summed E-state index contributed by atoms with van der Waals surface area (Å²) in [5.41, 5.74) is 0. The molecule has 0 aromatic carbocycles. The first-order chi connectivity index (χ1) is 53.7. The van der Waals surface area contributed by atoms with Crippen molar-refractivity contribution in [1.82, 2.24) is 16.0 Å². The van der Waals surface area contributed by atoms with E-state index < -0.39 is 365 Å². The third-order valence-corrected chi connectivity index (χ3v) is 20.9. The number of aliphatic hydroxyl groups excluding tert-OH is 26. The fourth-order valence-electron chi connectivity index (χ4n) is 14.6. The van der Waals surface area contributed by atoms with Gasteiger partial charge in [-0.15, -0.1) is 0 Å². The quantitative estimate of drug-likeness (QED) is 0.0318. The highest BCUT2D eigenvalue weighted by Gasteiger charge is 2.62. The van der Waals surface area contributed by atoms with Crippen LogP contribution in [-0.4, -0.2) is 496 Å². The van der Waals surface area contributed by atoms with Gasteiger partial charge in [-0.05, 0) is 6.92 Å². The lowest BCUT2D eigenvalue weighted by atomic mass is 9.88. The van der Waals surface area contributed by atoms with E-state index in [0.717, 1.165) is 20.8 Å².